The smallest absolute Gasteiger partial charge is 0.272 e. The van der Waals surface area contributed by atoms with Crippen LogP contribution in [-0.4, -0.2) is 50.3 Å². The van der Waals surface area contributed by atoms with E-state index in [1.54, 1.807) is 12.1 Å². The van der Waals surface area contributed by atoms with Crippen molar-refractivity contribution < 1.29 is 4.92 Å². The van der Waals surface area contributed by atoms with Crippen molar-refractivity contribution in [1.82, 2.24) is 19.2 Å². The van der Waals surface area contributed by atoms with E-state index in [-0.39, 0.29) is 10.6 Å². The van der Waals surface area contributed by atoms with Crippen LogP contribution in [-0.2, 0) is 13.1 Å². The molecule has 0 saturated carbocycles. The fourth-order valence-electron chi connectivity index (χ4n) is 3.94. The highest BCUT2D eigenvalue weighted by atomic mass is 35.5. The number of hydrogen-bond acceptors (Lipinski definition) is 5. The number of fused-ring (bicyclic) bond motifs is 1. The normalized spacial score (nSPS) is 16.2. The molecule has 1 aliphatic heterocycles. The van der Waals surface area contributed by atoms with Crippen LogP contribution < -0.4 is 0 Å². The van der Waals surface area contributed by atoms with Gasteiger partial charge in [0.25, 0.3) is 5.69 Å². The first-order valence-corrected chi connectivity index (χ1v) is 10.2. The zero-order valence-electron chi connectivity index (χ0n) is 16.4. The van der Waals surface area contributed by atoms with Crippen molar-refractivity contribution in [2.24, 2.45) is 0 Å². The Kier molecular flexibility index (Phi) is 5.80. The van der Waals surface area contributed by atoms with Crippen LogP contribution in [0.15, 0.2) is 42.7 Å². The van der Waals surface area contributed by atoms with Gasteiger partial charge in [0.2, 0.25) is 0 Å². The van der Waals surface area contributed by atoms with Crippen LogP contribution in [0, 0.1) is 17.0 Å². The number of benzene rings is 1. The Morgan fingerprint density at radius 1 is 1.07 bits per heavy atom. The summed E-state index contributed by atoms with van der Waals surface area (Å²) in [5.41, 5.74) is 3.94. The van der Waals surface area contributed by atoms with Crippen molar-refractivity contribution in [3.8, 4) is 0 Å². The molecule has 1 aromatic carbocycles. The maximum Gasteiger partial charge on any atom is 0.272 e. The average Bonchev–Trinajstić information content (AvgIpc) is 2.94. The second kappa shape index (κ2) is 8.49. The van der Waals surface area contributed by atoms with Crippen LogP contribution in [0.5, 0.6) is 0 Å². The molecule has 0 bridgehead atoms. The van der Waals surface area contributed by atoms with Gasteiger partial charge in [0.05, 0.1) is 15.6 Å². The van der Waals surface area contributed by atoms with Gasteiger partial charge in [0.15, 0.2) is 0 Å². The summed E-state index contributed by atoms with van der Waals surface area (Å²) in [7, 11) is 0. The molecule has 0 spiro atoms. The molecule has 29 heavy (non-hydrogen) atoms. The lowest BCUT2D eigenvalue weighted by molar-refractivity contribution is -0.385. The molecule has 3 aromatic rings. The van der Waals surface area contributed by atoms with Crippen molar-refractivity contribution >= 4 is 22.9 Å². The third-order valence-corrected chi connectivity index (χ3v) is 5.76. The standard InChI is InChI=1S/C21H24ClN5O2/c1-16-17(4-2-5-20(16)27(28)29)12-24-8-3-9-25(11-10-24)14-19-15-26-13-18(22)6-7-21(26)23-19/h2,4-7,13,15H,3,8-12,14H2,1H3. The van der Waals surface area contributed by atoms with Gasteiger partial charge in [-0.25, -0.2) is 4.98 Å². The highest BCUT2D eigenvalue weighted by Crippen LogP contribution is 2.23. The molecule has 0 aliphatic carbocycles. The lowest BCUT2D eigenvalue weighted by Gasteiger charge is -2.22. The molecule has 1 fully saturated rings. The molecular weight excluding hydrogens is 390 g/mol. The molecule has 0 atom stereocenters. The second-order valence-electron chi connectivity index (χ2n) is 7.57. The minimum absolute atomic E-state index is 0.200. The quantitative estimate of drug-likeness (QED) is 0.468. The van der Waals surface area contributed by atoms with E-state index < -0.39 is 0 Å². The Morgan fingerprint density at radius 2 is 1.83 bits per heavy atom. The topological polar surface area (TPSA) is 66.9 Å². The van der Waals surface area contributed by atoms with Gasteiger partial charge in [0.1, 0.15) is 5.65 Å². The van der Waals surface area contributed by atoms with Crippen molar-refractivity contribution in [3.05, 3.63) is 74.7 Å². The zero-order valence-corrected chi connectivity index (χ0v) is 17.2. The summed E-state index contributed by atoms with van der Waals surface area (Å²) >= 11 is 6.06. The Morgan fingerprint density at radius 3 is 2.59 bits per heavy atom. The Hall–Kier alpha value is -2.48. The van der Waals surface area contributed by atoms with Crippen LogP contribution >= 0.6 is 11.6 Å². The second-order valence-corrected chi connectivity index (χ2v) is 8.01. The number of pyridine rings is 1. The molecule has 4 rings (SSSR count). The summed E-state index contributed by atoms with van der Waals surface area (Å²) in [6, 6.07) is 9.13. The molecule has 0 N–H and O–H groups in total. The van der Waals surface area contributed by atoms with Gasteiger partial charge < -0.3 is 4.40 Å². The first kappa shape index (κ1) is 19.8. The van der Waals surface area contributed by atoms with E-state index >= 15 is 0 Å². The maximum absolute atomic E-state index is 11.2. The van der Waals surface area contributed by atoms with Crippen molar-refractivity contribution in [2.45, 2.75) is 26.4 Å². The summed E-state index contributed by atoms with van der Waals surface area (Å²) in [6.45, 7) is 7.27. The fourth-order valence-corrected chi connectivity index (χ4v) is 4.11. The molecule has 2 aromatic heterocycles. The molecule has 1 saturated heterocycles. The van der Waals surface area contributed by atoms with E-state index in [4.69, 9.17) is 11.6 Å². The highest BCUT2D eigenvalue weighted by molar-refractivity contribution is 6.30. The van der Waals surface area contributed by atoms with Crippen LogP contribution in [0.4, 0.5) is 5.69 Å². The van der Waals surface area contributed by atoms with Crippen LogP contribution in [0.25, 0.3) is 5.65 Å². The molecule has 0 radical (unpaired) electrons. The number of nitro groups is 1. The van der Waals surface area contributed by atoms with E-state index in [0.717, 1.165) is 68.2 Å². The SMILES string of the molecule is Cc1c(CN2CCCN(Cc3cn4cc(Cl)ccc4n3)CC2)cccc1[N+](=O)[O-]. The third kappa shape index (κ3) is 4.58. The van der Waals surface area contributed by atoms with Gasteiger partial charge in [0, 0.05) is 50.2 Å². The Bertz CT molecular complexity index is 1040. The number of nitro benzene ring substituents is 1. The fraction of sp³-hybridized carbons (Fsp3) is 0.381. The van der Waals surface area contributed by atoms with Crippen molar-refractivity contribution in [1.29, 1.82) is 0 Å². The van der Waals surface area contributed by atoms with E-state index in [2.05, 4.69) is 14.8 Å². The predicted octanol–water partition coefficient (Wildman–Crippen LogP) is 3.91. The first-order valence-electron chi connectivity index (χ1n) is 9.80. The number of halogens is 1. The van der Waals surface area contributed by atoms with Gasteiger partial charge >= 0.3 is 0 Å². The minimum Gasteiger partial charge on any atom is -0.305 e. The van der Waals surface area contributed by atoms with Crippen LogP contribution in [0.2, 0.25) is 5.02 Å². The zero-order chi connectivity index (χ0) is 20.4. The summed E-state index contributed by atoms with van der Waals surface area (Å²) in [6.07, 6.45) is 4.97. The Labute approximate surface area is 174 Å². The van der Waals surface area contributed by atoms with E-state index in [1.165, 1.54) is 0 Å². The van der Waals surface area contributed by atoms with Crippen LogP contribution in [0.1, 0.15) is 23.2 Å². The number of rotatable bonds is 5. The predicted molar refractivity (Wildman–Crippen MR) is 113 cm³/mol. The number of imidazole rings is 1. The molecule has 1 aliphatic rings. The average molecular weight is 414 g/mol. The molecule has 0 amide bonds. The number of aromatic nitrogens is 2. The molecule has 152 valence electrons. The van der Waals surface area contributed by atoms with E-state index in [1.807, 2.05) is 41.9 Å². The summed E-state index contributed by atoms with van der Waals surface area (Å²) in [4.78, 5) is 20.4. The number of nitrogens with zero attached hydrogens (tertiary/aromatic N) is 5. The lowest BCUT2D eigenvalue weighted by Crippen LogP contribution is -2.30. The van der Waals surface area contributed by atoms with Crippen molar-refractivity contribution in [2.75, 3.05) is 26.2 Å². The molecule has 0 unspecified atom stereocenters. The van der Waals surface area contributed by atoms with Gasteiger partial charge in [-0.2, -0.15) is 0 Å². The van der Waals surface area contributed by atoms with Gasteiger partial charge in [-0.15, -0.1) is 0 Å². The summed E-state index contributed by atoms with van der Waals surface area (Å²) in [5, 5.41) is 11.9. The van der Waals surface area contributed by atoms with Gasteiger partial charge in [-0.1, -0.05) is 23.7 Å². The highest BCUT2D eigenvalue weighted by Gasteiger charge is 2.19. The van der Waals surface area contributed by atoms with Crippen LogP contribution in [0.3, 0.4) is 0 Å². The first-order chi connectivity index (χ1) is 14.0. The van der Waals surface area contributed by atoms with E-state index in [0.29, 0.717) is 5.02 Å². The van der Waals surface area contributed by atoms with Gasteiger partial charge in [-0.3, -0.25) is 19.9 Å². The molecular formula is C21H24ClN5O2. The summed E-state index contributed by atoms with van der Waals surface area (Å²) in [5.74, 6) is 0. The third-order valence-electron chi connectivity index (χ3n) is 5.54. The minimum atomic E-state index is -0.301. The lowest BCUT2D eigenvalue weighted by atomic mass is 10.1. The molecule has 8 heteroatoms. The van der Waals surface area contributed by atoms with Crippen molar-refractivity contribution in [3.63, 3.8) is 0 Å². The molecule has 7 nitrogen and oxygen atoms in total. The summed E-state index contributed by atoms with van der Waals surface area (Å²) < 4.78 is 1.97. The number of hydrogen-bond donors (Lipinski definition) is 0. The Balaban J connectivity index is 1.39. The maximum atomic E-state index is 11.2. The molecule has 3 heterocycles. The van der Waals surface area contributed by atoms with E-state index in [9.17, 15) is 10.1 Å². The monoisotopic (exact) mass is 413 g/mol. The largest absolute Gasteiger partial charge is 0.305 e. The van der Waals surface area contributed by atoms with Gasteiger partial charge in [-0.05, 0) is 44.1 Å².